The highest BCUT2D eigenvalue weighted by Crippen LogP contribution is 2.33. The molecule has 5 heterocycles. The summed E-state index contributed by atoms with van der Waals surface area (Å²) in [5, 5.41) is 9.70. The van der Waals surface area contributed by atoms with E-state index < -0.39 is 5.82 Å². The molecule has 1 aliphatic heterocycles. The molecule has 4 aromatic heterocycles. The molecule has 0 unspecified atom stereocenters. The molecule has 2 aliphatic rings. The Labute approximate surface area is 214 Å². The Bertz CT molecular complexity index is 1600. The van der Waals surface area contributed by atoms with E-state index in [-0.39, 0.29) is 6.04 Å². The van der Waals surface area contributed by atoms with Gasteiger partial charge in [0.1, 0.15) is 5.82 Å². The lowest BCUT2D eigenvalue weighted by molar-refractivity contribution is 0.256. The number of rotatable bonds is 4. The Hall–Kier alpha value is -3.85. The van der Waals surface area contributed by atoms with Crippen molar-refractivity contribution in [3.63, 3.8) is 0 Å². The number of halogens is 1. The molecule has 1 atom stereocenters. The highest BCUT2D eigenvalue weighted by atomic mass is 19.1. The number of pyridine rings is 1. The van der Waals surface area contributed by atoms with E-state index in [9.17, 15) is 4.39 Å². The third-order valence-electron chi connectivity index (χ3n) is 7.95. The smallest absolute Gasteiger partial charge is 0.228 e. The van der Waals surface area contributed by atoms with Crippen molar-refractivity contribution < 1.29 is 4.39 Å². The molecule has 1 fully saturated rings. The van der Waals surface area contributed by atoms with Crippen molar-refractivity contribution >= 4 is 22.5 Å². The average Bonchev–Trinajstić information content (AvgIpc) is 3.51. The second-order valence-electron chi connectivity index (χ2n) is 10.4. The van der Waals surface area contributed by atoms with Gasteiger partial charge in [-0.25, -0.2) is 9.37 Å². The van der Waals surface area contributed by atoms with E-state index in [1.165, 1.54) is 34.4 Å². The summed E-state index contributed by atoms with van der Waals surface area (Å²) in [4.78, 5) is 19.7. The van der Waals surface area contributed by atoms with Gasteiger partial charge in [0.15, 0.2) is 11.5 Å². The number of para-hydroxylation sites is 1. The van der Waals surface area contributed by atoms with Crippen molar-refractivity contribution in [2.75, 3.05) is 25.5 Å². The number of aryl methyl sites for hydroxylation is 1. The number of hydrogen-bond acceptors (Lipinski definition) is 6. The zero-order chi connectivity index (χ0) is 24.9. The van der Waals surface area contributed by atoms with Crippen LogP contribution in [0, 0.1) is 5.82 Å². The SMILES string of the molecule is CN1CCC(c2cnn3c(N[C@@H]4CCc5[nH]c6ccccc6c5C4)nc(-c4cncc(F)c4)nc23)CC1. The van der Waals surface area contributed by atoms with E-state index in [2.05, 4.69) is 51.5 Å². The van der Waals surface area contributed by atoms with Gasteiger partial charge in [0.05, 0.1) is 12.4 Å². The normalized spacial score (nSPS) is 18.9. The van der Waals surface area contributed by atoms with Crippen molar-refractivity contribution in [2.24, 2.45) is 0 Å². The summed E-state index contributed by atoms with van der Waals surface area (Å²) in [5.41, 5.74) is 6.35. The van der Waals surface area contributed by atoms with Crippen molar-refractivity contribution in [1.29, 1.82) is 0 Å². The molecule has 0 radical (unpaired) electrons. The maximum absolute atomic E-state index is 14.1. The summed E-state index contributed by atoms with van der Waals surface area (Å²) in [5.74, 6) is 1.08. The molecule has 0 amide bonds. The molecule has 9 heteroatoms. The fourth-order valence-corrected chi connectivity index (χ4v) is 5.93. The lowest BCUT2D eigenvalue weighted by atomic mass is 9.91. The second kappa shape index (κ2) is 8.92. The number of aromatic nitrogens is 6. The first kappa shape index (κ1) is 22.4. The number of piperidine rings is 1. The summed E-state index contributed by atoms with van der Waals surface area (Å²) in [7, 11) is 2.16. The summed E-state index contributed by atoms with van der Waals surface area (Å²) in [6, 6.07) is 10.1. The molecule has 37 heavy (non-hydrogen) atoms. The molecule has 0 saturated carbocycles. The molecule has 1 aromatic carbocycles. The summed E-state index contributed by atoms with van der Waals surface area (Å²) < 4.78 is 15.9. The molecule has 1 saturated heterocycles. The number of fused-ring (bicyclic) bond motifs is 4. The second-order valence-corrected chi connectivity index (χ2v) is 10.4. The van der Waals surface area contributed by atoms with Crippen LogP contribution in [0.4, 0.5) is 10.3 Å². The van der Waals surface area contributed by atoms with Crippen LogP contribution in [-0.4, -0.2) is 60.6 Å². The predicted molar refractivity (Wildman–Crippen MR) is 141 cm³/mol. The number of anilines is 1. The average molecular weight is 497 g/mol. The fraction of sp³-hybridized carbons (Fsp3) is 0.357. The van der Waals surface area contributed by atoms with Crippen LogP contribution < -0.4 is 5.32 Å². The number of aromatic amines is 1. The lowest BCUT2D eigenvalue weighted by Crippen LogP contribution is -2.29. The maximum atomic E-state index is 14.1. The van der Waals surface area contributed by atoms with E-state index in [1.54, 1.807) is 6.20 Å². The number of benzene rings is 1. The van der Waals surface area contributed by atoms with Gasteiger partial charge < -0.3 is 15.2 Å². The van der Waals surface area contributed by atoms with Gasteiger partial charge >= 0.3 is 0 Å². The zero-order valence-electron chi connectivity index (χ0n) is 20.8. The lowest BCUT2D eigenvalue weighted by Gasteiger charge is -2.28. The standard InChI is InChI=1S/C28H29FN8/c1-36-10-8-17(9-11-36)23-16-31-37-27(23)34-26(18-12-19(29)15-30-14-18)35-28(37)32-20-6-7-25-22(13-20)21-4-2-3-5-24(21)33-25/h2-5,12,14-17,20,33H,6-11,13H2,1H3,(H,32,34,35)/t20-/m1/s1. The number of nitrogens with zero attached hydrogens (tertiary/aromatic N) is 6. The van der Waals surface area contributed by atoms with Gasteiger partial charge in [-0.1, -0.05) is 18.2 Å². The van der Waals surface area contributed by atoms with Crippen LogP contribution in [0.1, 0.15) is 42.0 Å². The third kappa shape index (κ3) is 4.03. The number of nitrogens with one attached hydrogen (secondary N) is 2. The number of hydrogen-bond donors (Lipinski definition) is 2. The molecule has 5 aromatic rings. The molecule has 1 aliphatic carbocycles. The van der Waals surface area contributed by atoms with Crippen molar-refractivity contribution in [3.05, 3.63) is 71.6 Å². The molecule has 0 bridgehead atoms. The van der Waals surface area contributed by atoms with E-state index in [1.807, 2.05) is 10.7 Å². The first-order valence-electron chi connectivity index (χ1n) is 13.0. The Morgan fingerprint density at radius 3 is 2.78 bits per heavy atom. The number of H-pyrrole nitrogens is 1. The van der Waals surface area contributed by atoms with Crippen molar-refractivity contribution in [3.8, 4) is 11.4 Å². The number of likely N-dealkylation sites (tertiary alicyclic amines) is 1. The minimum Gasteiger partial charge on any atom is -0.358 e. The molecule has 8 nitrogen and oxygen atoms in total. The van der Waals surface area contributed by atoms with Gasteiger partial charge in [0, 0.05) is 40.0 Å². The van der Waals surface area contributed by atoms with E-state index in [0.717, 1.165) is 56.4 Å². The van der Waals surface area contributed by atoms with E-state index in [4.69, 9.17) is 15.1 Å². The van der Waals surface area contributed by atoms with E-state index in [0.29, 0.717) is 23.3 Å². The van der Waals surface area contributed by atoms with Gasteiger partial charge in [-0.2, -0.15) is 14.6 Å². The quantitative estimate of drug-likeness (QED) is 0.379. The van der Waals surface area contributed by atoms with Gasteiger partial charge in [0.2, 0.25) is 5.95 Å². The first-order chi connectivity index (χ1) is 18.1. The third-order valence-corrected chi connectivity index (χ3v) is 7.95. The van der Waals surface area contributed by atoms with E-state index >= 15 is 0 Å². The van der Waals surface area contributed by atoms with Gasteiger partial charge in [-0.15, -0.1) is 0 Å². The predicted octanol–water partition coefficient (Wildman–Crippen LogP) is 4.59. The zero-order valence-corrected chi connectivity index (χ0v) is 20.8. The highest BCUT2D eigenvalue weighted by Gasteiger charge is 2.27. The van der Waals surface area contributed by atoms with Gasteiger partial charge in [0.25, 0.3) is 0 Å². The Morgan fingerprint density at radius 1 is 1.05 bits per heavy atom. The molecular formula is C28H29FN8. The van der Waals surface area contributed by atoms with Crippen molar-refractivity contribution in [1.82, 2.24) is 34.4 Å². The van der Waals surface area contributed by atoms with Gasteiger partial charge in [-0.05, 0) is 75.9 Å². The Morgan fingerprint density at radius 2 is 1.92 bits per heavy atom. The Balaban J connectivity index is 1.28. The van der Waals surface area contributed by atoms with Crippen molar-refractivity contribution in [2.45, 2.75) is 44.1 Å². The van der Waals surface area contributed by atoms with Crippen LogP contribution in [0.25, 0.3) is 27.9 Å². The minimum absolute atomic E-state index is 0.194. The highest BCUT2D eigenvalue weighted by molar-refractivity contribution is 5.85. The molecule has 2 N–H and O–H groups in total. The Kier molecular flexibility index (Phi) is 5.39. The van der Waals surface area contributed by atoms with Crippen LogP contribution >= 0.6 is 0 Å². The van der Waals surface area contributed by atoms with Gasteiger partial charge in [-0.3, -0.25) is 4.98 Å². The molecule has 7 rings (SSSR count). The summed E-state index contributed by atoms with van der Waals surface area (Å²) in [6.45, 7) is 2.10. The van der Waals surface area contributed by atoms with Crippen LogP contribution in [0.15, 0.2) is 48.9 Å². The first-order valence-corrected chi connectivity index (χ1v) is 13.0. The largest absolute Gasteiger partial charge is 0.358 e. The fourth-order valence-electron chi connectivity index (χ4n) is 5.93. The van der Waals surface area contributed by atoms with Crippen LogP contribution in [0.3, 0.4) is 0 Å². The monoisotopic (exact) mass is 496 g/mol. The van der Waals surface area contributed by atoms with Crippen LogP contribution in [-0.2, 0) is 12.8 Å². The topological polar surface area (TPSA) is 87.0 Å². The summed E-state index contributed by atoms with van der Waals surface area (Å²) in [6.07, 6.45) is 9.72. The van der Waals surface area contributed by atoms with Crippen LogP contribution in [0.5, 0.6) is 0 Å². The summed E-state index contributed by atoms with van der Waals surface area (Å²) >= 11 is 0. The van der Waals surface area contributed by atoms with Crippen LogP contribution in [0.2, 0.25) is 0 Å². The molecule has 0 spiro atoms. The maximum Gasteiger partial charge on any atom is 0.228 e. The molecular weight excluding hydrogens is 467 g/mol. The minimum atomic E-state index is -0.404. The molecule has 188 valence electrons.